The minimum Gasteiger partial charge on any atom is -0.271 e. The summed E-state index contributed by atoms with van der Waals surface area (Å²) in [5.74, 6) is 4.80. The zero-order valence-electron chi connectivity index (χ0n) is 10.3. The zero-order chi connectivity index (χ0) is 14.7. The summed E-state index contributed by atoms with van der Waals surface area (Å²) in [7, 11) is 0. The van der Waals surface area contributed by atoms with E-state index in [9.17, 15) is 8.78 Å². The van der Waals surface area contributed by atoms with E-state index in [1.165, 1.54) is 24.3 Å². The van der Waals surface area contributed by atoms with Gasteiger partial charge in [-0.3, -0.25) is 11.3 Å². The third-order valence-corrected chi connectivity index (χ3v) is 4.20. The molecule has 0 saturated carbocycles. The largest absolute Gasteiger partial charge is 0.271 e. The number of halogens is 4. The normalized spacial score (nSPS) is 12.4. The lowest BCUT2D eigenvalue weighted by molar-refractivity contribution is 0.543. The molecule has 0 spiro atoms. The molecule has 0 amide bonds. The Hall–Kier alpha value is -0.760. The molecule has 1 unspecified atom stereocenters. The second-order valence-electron chi connectivity index (χ2n) is 4.34. The summed E-state index contributed by atoms with van der Waals surface area (Å²) in [4.78, 5) is 0. The smallest absolute Gasteiger partial charge is 0.142 e. The average Bonchev–Trinajstić information content (AvgIpc) is 2.41. The lowest BCUT2D eigenvalue weighted by Crippen LogP contribution is -2.30. The molecule has 6 heteroatoms. The maximum Gasteiger partial charge on any atom is 0.142 e. The minimum atomic E-state index is -0.464. The Morgan fingerprint density at radius 1 is 1.20 bits per heavy atom. The van der Waals surface area contributed by atoms with Crippen molar-refractivity contribution in [2.75, 3.05) is 0 Å². The van der Waals surface area contributed by atoms with Crippen molar-refractivity contribution < 1.29 is 8.78 Å². The van der Waals surface area contributed by atoms with Gasteiger partial charge in [0.1, 0.15) is 11.6 Å². The summed E-state index contributed by atoms with van der Waals surface area (Å²) >= 11 is 7.70. The van der Waals surface area contributed by atoms with Gasteiger partial charge >= 0.3 is 0 Å². The number of hydrogen-bond donors (Lipinski definition) is 2. The van der Waals surface area contributed by atoms with Gasteiger partial charge in [0.15, 0.2) is 0 Å². The molecular weight excluding hydrogens is 397 g/mol. The molecule has 0 heterocycles. The van der Waals surface area contributed by atoms with Crippen LogP contribution in [0.4, 0.5) is 8.78 Å². The van der Waals surface area contributed by atoms with Crippen molar-refractivity contribution in [3.8, 4) is 0 Å². The molecule has 2 rings (SSSR count). The summed E-state index contributed by atoms with van der Waals surface area (Å²) in [6.45, 7) is 0. The fourth-order valence-electron chi connectivity index (χ4n) is 1.95. The van der Waals surface area contributed by atoms with Crippen LogP contribution in [-0.2, 0) is 6.42 Å². The summed E-state index contributed by atoms with van der Waals surface area (Å²) in [6, 6.07) is 8.88. The highest BCUT2D eigenvalue weighted by Crippen LogP contribution is 2.25. The van der Waals surface area contributed by atoms with Crippen LogP contribution in [-0.4, -0.2) is 0 Å². The van der Waals surface area contributed by atoms with Crippen molar-refractivity contribution in [2.24, 2.45) is 5.84 Å². The Kier molecular flexibility index (Phi) is 5.31. The van der Waals surface area contributed by atoms with Gasteiger partial charge in [-0.15, -0.1) is 0 Å². The lowest BCUT2D eigenvalue weighted by Gasteiger charge is -2.18. The maximum absolute atomic E-state index is 13.4. The molecule has 3 N–H and O–H groups in total. The van der Waals surface area contributed by atoms with Crippen molar-refractivity contribution in [3.63, 3.8) is 0 Å². The highest BCUT2D eigenvalue weighted by molar-refractivity contribution is 14.1. The molecule has 2 aromatic rings. The minimum absolute atomic E-state index is 0.0855. The number of benzene rings is 2. The standard InChI is InChI=1S/C14H12ClF2IN2/c15-11-4-1-8(5-12(11)17)6-14(20-19)10-3-2-9(16)7-13(10)18/h1-5,7,14,20H,6,19H2. The Labute approximate surface area is 134 Å². The second kappa shape index (κ2) is 6.80. The third-order valence-electron chi connectivity index (χ3n) is 2.96. The molecule has 2 nitrogen and oxygen atoms in total. The van der Waals surface area contributed by atoms with Gasteiger partial charge in [0.25, 0.3) is 0 Å². The van der Waals surface area contributed by atoms with Crippen LogP contribution in [0.5, 0.6) is 0 Å². The number of hydrazine groups is 1. The van der Waals surface area contributed by atoms with Gasteiger partial charge in [0.2, 0.25) is 0 Å². The number of hydrogen-bond acceptors (Lipinski definition) is 2. The van der Waals surface area contributed by atoms with E-state index in [4.69, 9.17) is 17.4 Å². The molecule has 0 aromatic heterocycles. The fraction of sp³-hybridized carbons (Fsp3) is 0.143. The van der Waals surface area contributed by atoms with Crippen LogP contribution >= 0.6 is 34.2 Å². The average molecular weight is 409 g/mol. The fourth-order valence-corrected chi connectivity index (χ4v) is 2.92. The van der Waals surface area contributed by atoms with Crippen LogP contribution in [0.25, 0.3) is 0 Å². The lowest BCUT2D eigenvalue weighted by atomic mass is 9.99. The van der Waals surface area contributed by atoms with E-state index in [0.29, 0.717) is 6.42 Å². The van der Waals surface area contributed by atoms with E-state index in [-0.39, 0.29) is 16.9 Å². The molecule has 0 saturated heterocycles. The molecule has 106 valence electrons. The highest BCUT2D eigenvalue weighted by Gasteiger charge is 2.15. The van der Waals surface area contributed by atoms with Gasteiger partial charge in [-0.1, -0.05) is 23.7 Å². The monoisotopic (exact) mass is 408 g/mol. The second-order valence-corrected chi connectivity index (χ2v) is 5.91. The highest BCUT2D eigenvalue weighted by atomic mass is 127. The molecule has 2 aromatic carbocycles. The van der Waals surface area contributed by atoms with Gasteiger partial charge in [0.05, 0.1) is 11.1 Å². The van der Waals surface area contributed by atoms with Gasteiger partial charge in [-0.05, 0) is 64.4 Å². The van der Waals surface area contributed by atoms with Crippen LogP contribution in [0.15, 0.2) is 36.4 Å². The van der Waals surface area contributed by atoms with Crippen molar-refractivity contribution in [2.45, 2.75) is 12.5 Å². The van der Waals surface area contributed by atoms with E-state index < -0.39 is 5.82 Å². The molecule has 0 radical (unpaired) electrons. The SMILES string of the molecule is NNC(Cc1ccc(Cl)c(F)c1)c1ccc(F)cc1I. The van der Waals surface area contributed by atoms with E-state index >= 15 is 0 Å². The predicted molar refractivity (Wildman–Crippen MR) is 84.3 cm³/mol. The first-order chi connectivity index (χ1) is 9.51. The summed E-state index contributed by atoms with van der Waals surface area (Å²) in [5, 5.41) is 0.0855. The molecular formula is C14H12ClF2IN2. The molecule has 0 aliphatic rings. The number of rotatable bonds is 4. The number of nitrogens with two attached hydrogens (primary N) is 1. The van der Waals surface area contributed by atoms with Gasteiger partial charge in [-0.25, -0.2) is 8.78 Å². The molecule has 20 heavy (non-hydrogen) atoms. The molecule has 0 aliphatic carbocycles. The molecule has 0 aliphatic heterocycles. The van der Waals surface area contributed by atoms with Crippen LogP contribution in [0.2, 0.25) is 5.02 Å². The van der Waals surface area contributed by atoms with Crippen LogP contribution < -0.4 is 11.3 Å². The van der Waals surface area contributed by atoms with Crippen LogP contribution in [0.1, 0.15) is 17.2 Å². The van der Waals surface area contributed by atoms with E-state index in [0.717, 1.165) is 14.7 Å². The summed E-state index contributed by atoms with van der Waals surface area (Å²) in [5.41, 5.74) is 4.30. The predicted octanol–water partition coefficient (Wildman–Crippen LogP) is 3.97. The molecule has 1 atom stereocenters. The summed E-state index contributed by atoms with van der Waals surface area (Å²) in [6.07, 6.45) is 0.478. The Bertz CT molecular complexity index is 622. The number of nitrogens with one attached hydrogen (secondary N) is 1. The first-order valence-corrected chi connectivity index (χ1v) is 7.32. The van der Waals surface area contributed by atoms with E-state index in [2.05, 4.69) is 5.43 Å². The Morgan fingerprint density at radius 3 is 2.55 bits per heavy atom. The van der Waals surface area contributed by atoms with Gasteiger partial charge < -0.3 is 0 Å². The van der Waals surface area contributed by atoms with Crippen LogP contribution in [0.3, 0.4) is 0 Å². The maximum atomic E-state index is 13.4. The first kappa shape index (κ1) is 15.6. The van der Waals surface area contributed by atoms with Crippen molar-refractivity contribution in [1.82, 2.24) is 5.43 Å². The van der Waals surface area contributed by atoms with Gasteiger partial charge in [0, 0.05) is 3.57 Å². The molecule has 0 bridgehead atoms. The Balaban J connectivity index is 2.26. The zero-order valence-corrected chi connectivity index (χ0v) is 13.3. The van der Waals surface area contributed by atoms with Gasteiger partial charge in [-0.2, -0.15) is 0 Å². The van der Waals surface area contributed by atoms with E-state index in [1.807, 2.05) is 22.6 Å². The van der Waals surface area contributed by atoms with Crippen molar-refractivity contribution >= 4 is 34.2 Å². The van der Waals surface area contributed by atoms with Crippen LogP contribution in [0, 0.1) is 15.2 Å². The molecule has 0 fully saturated rings. The first-order valence-electron chi connectivity index (χ1n) is 5.86. The Morgan fingerprint density at radius 2 is 1.95 bits per heavy atom. The quantitative estimate of drug-likeness (QED) is 0.456. The third kappa shape index (κ3) is 3.66. The van der Waals surface area contributed by atoms with E-state index in [1.54, 1.807) is 12.1 Å². The topological polar surface area (TPSA) is 38.0 Å². The summed E-state index contributed by atoms with van der Waals surface area (Å²) < 4.78 is 27.3. The van der Waals surface area contributed by atoms with Crippen molar-refractivity contribution in [3.05, 3.63) is 67.8 Å². The van der Waals surface area contributed by atoms with Crippen molar-refractivity contribution in [1.29, 1.82) is 0 Å².